The number of nitrogen functional groups attached to an aromatic ring is 1. The first-order valence-electron chi connectivity index (χ1n) is 6.72. The Morgan fingerprint density at radius 2 is 2.05 bits per heavy atom. The fourth-order valence-electron chi connectivity index (χ4n) is 2.58. The molecule has 3 N–H and O–H groups in total. The number of amides is 1. The monoisotopic (exact) mass is 311 g/mol. The van der Waals surface area contributed by atoms with Crippen molar-refractivity contribution in [1.82, 2.24) is 5.32 Å². The number of nitrogens with two attached hydrogens (primary N) is 1. The van der Waals surface area contributed by atoms with Crippen molar-refractivity contribution >= 4 is 27.1 Å². The Balaban J connectivity index is 2.27. The maximum atomic E-state index is 12.5. The molecule has 7 heteroatoms. The molecule has 0 spiro atoms. The van der Waals surface area contributed by atoms with Crippen LogP contribution in [0.3, 0.4) is 0 Å². The molecule has 1 amide bonds. The lowest BCUT2D eigenvalue weighted by Gasteiger charge is -2.25. The Morgan fingerprint density at radius 3 is 2.57 bits per heavy atom. The Labute approximate surface area is 125 Å². The zero-order chi connectivity index (χ0) is 15.8. The lowest BCUT2D eigenvalue weighted by Crippen LogP contribution is -2.47. The van der Waals surface area contributed by atoms with Gasteiger partial charge in [0.05, 0.1) is 22.6 Å². The largest absolute Gasteiger partial charge is 0.399 e. The Kier molecular flexibility index (Phi) is 3.88. The molecule has 2 rings (SSSR count). The molecular weight excluding hydrogens is 290 g/mol. The van der Waals surface area contributed by atoms with E-state index in [9.17, 15) is 13.2 Å². The summed E-state index contributed by atoms with van der Waals surface area (Å²) in [7, 11) is 0.609. The number of sulfone groups is 1. The zero-order valence-electron chi connectivity index (χ0n) is 12.5. The molecule has 1 heterocycles. The molecular formula is C14H21N3O3S. The van der Waals surface area contributed by atoms with Gasteiger partial charge in [0, 0.05) is 25.5 Å². The predicted molar refractivity (Wildman–Crippen MR) is 84.3 cm³/mol. The molecule has 1 aliphatic heterocycles. The van der Waals surface area contributed by atoms with Gasteiger partial charge in [-0.15, -0.1) is 0 Å². The van der Waals surface area contributed by atoms with E-state index in [1.54, 1.807) is 25.1 Å². The molecule has 1 aromatic carbocycles. The second-order valence-electron chi connectivity index (χ2n) is 6.03. The van der Waals surface area contributed by atoms with Crippen LogP contribution in [0.25, 0.3) is 0 Å². The van der Waals surface area contributed by atoms with Crippen molar-refractivity contribution in [2.45, 2.75) is 18.9 Å². The molecule has 6 nitrogen and oxygen atoms in total. The van der Waals surface area contributed by atoms with Gasteiger partial charge in [-0.3, -0.25) is 4.79 Å². The second kappa shape index (κ2) is 5.22. The van der Waals surface area contributed by atoms with Gasteiger partial charge in [0.2, 0.25) is 0 Å². The van der Waals surface area contributed by atoms with Crippen LogP contribution in [0.2, 0.25) is 0 Å². The summed E-state index contributed by atoms with van der Waals surface area (Å²) >= 11 is 0. The highest BCUT2D eigenvalue weighted by molar-refractivity contribution is 7.91. The fourth-order valence-corrected chi connectivity index (χ4v) is 4.67. The number of nitrogens with one attached hydrogen (secondary N) is 1. The summed E-state index contributed by atoms with van der Waals surface area (Å²) in [6, 6.07) is 5.11. The van der Waals surface area contributed by atoms with E-state index in [2.05, 4.69) is 5.32 Å². The van der Waals surface area contributed by atoms with Crippen LogP contribution in [0, 0.1) is 0 Å². The number of anilines is 2. The van der Waals surface area contributed by atoms with Crippen LogP contribution < -0.4 is 16.0 Å². The van der Waals surface area contributed by atoms with E-state index in [1.165, 1.54) is 0 Å². The number of carbonyl (C=O) groups is 1. The molecule has 116 valence electrons. The predicted octanol–water partition coefficient (Wildman–Crippen LogP) is 0.642. The molecule has 0 saturated carbocycles. The summed E-state index contributed by atoms with van der Waals surface area (Å²) in [5, 5.41) is 2.85. The van der Waals surface area contributed by atoms with Crippen molar-refractivity contribution in [1.29, 1.82) is 0 Å². The number of hydrogen-bond acceptors (Lipinski definition) is 5. The van der Waals surface area contributed by atoms with Crippen molar-refractivity contribution < 1.29 is 13.2 Å². The average molecular weight is 311 g/mol. The van der Waals surface area contributed by atoms with Crippen molar-refractivity contribution in [3.8, 4) is 0 Å². The van der Waals surface area contributed by atoms with Crippen LogP contribution in [-0.4, -0.2) is 45.5 Å². The molecule has 0 bridgehead atoms. The number of hydrogen-bond donors (Lipinski definition) is 2. The quantitative estimate of drug-likeness (QED) is 0.799. The number of carbonyl (C=O) groups excluding carboxylic acids is 1. The van der Waals surface area contributed by atoms with Crippen LogP contribution in [0.4, 0.5) is 11.4 Å². The van der Waals surface area contributed by atoms with Crippen LogP contribution in [0.15, 0.2) is 18.2 Å². The van der Waals surface area contributed by atoms with Gasteiger partial charge in [-0.25, -0.2) is 8.42 Å². The van der Waals surface area contributed by atoms with E-state index in [0.717, 1.165) is 5.69 Å². The smallest absolute Gasteiger partial charge is 0.253 e. The Morgan fingerprint density at radius 1 is 1.38 bits per heavy atom. The zero-order valence-corrected chi connectivity index (χ0v) is 13.3. The molecule has 0 radical (unpaired) electrons. The molecule has 1 aromatic rings. The average Bonchev–Trinajstić information content (AvgIpc) is 2.62. The first-order valence-corrected chi connectivity index (χ1v) is 8.54. The molecule has 0 aliphatic carbocycles. The van der Waals surface area contributed by atoms with Gasteiger partial charge in [-0.1, -0.05) is 0 Å². The van der Waals surface area contributed by atoms with E-state index in [1.807, 2.05) is 19.0 Å². The molecule has 1 atom stereocenters. The van der Waals surface area contributed by atoms with Gasteiger partial charge in [0.15, 0.2) is 9.84 Å². The Hall–Kier alpha value is -1.76. The van der Waals surface area contributed by atoms with E-state index in [4.69, 9.17) is 5.73 Å². The van der Waals surface area contributed by atoms with Crippen molar-refractivity contribution in [2.75, 3.05) is 36.2 Å². The summed E-state index contributed by atoms with van der Waals surface area (Å²) in [5.41, 5.74) is 6.72. The van der Waals surface area contributed by atoms with Crippen molar-refractivity contribution in [3.63, 3.8) is 0 Å². The van der Waals surface area contributed by atoms with Gasteiger partial charge in [0.25, 0.3) is 5.91 Å². The molecule has 1 saturated heterocycles. The minimum absolute atomic E-state index is 0.0225. The maximum Gasteiger partial charge on any atom is 0.253 e. The summed E-state index contributed by atoms with van der Waals surface area (Å²) < 4.78 is 23.2. The van der Waals surface area contributed by atoms with E-state index >= 15 is 0 Å². The third-order valence-electron chi connectivity index (χ3n) is 3.67. The van der Waals surface area contributed by atoms with Crippen LogP contribution in [0.5, 0.6) is 0 Å². The molecule has 0 aromatic heterocycles. The highest BCUT2D eigenvalue weighted by Gasteiger charge is 2.39. The Bertz CT molecular complexity index is 670. The molecule has 1 aliphatic rings. The van der Waals surface area contributed by atoms with Gasteiger partial charge in [-0.2, -0.15) is 0 Å². The molecule has 1 unspecified atom stereocenters. The van der Waals surface area contributed by atoms with E-state index in [0.29, 0.717) is 17.7 Å². The van der Waals surface area contributed by atoms with Crippen LogP contribution in [0.1, 0.15) is 23.7 Å². The summed E-state index contributed by atoms with van der Waals surface area (Å²) in [5.74, 6) is -0.210. The highest BCUT2D eigenvalue weighted by atomic mass is 32.2. The standard InChI is InChI=1S/C14H21N3O3S/c1-14(6-7-21(19,20)9-14)16-13(18)11-8-10(15)4-5-12(11)17(2)3/h4-5,8H,6-7,9,15H2,1-3H3,(H,16,18). The fraction of sp³-hybridized carbons (Fsp3) is 0.500. The number of rotatable bonds is 3. The summed E-state index contributed by atoms with van der Waals surface area (Å²) in [6.07, 6.45) is 0.431. The summed E-state index contributed by atoms with van der Waals surface area (Å²) in [4.78, 5) is 14.3. The molecule has 1 fully saturated rings. The lowest BCUT2D eigenvalue weighted by atomic mass is 10.0. The minimum Gasteiger partial charge on any atom is -0.399 e. The second-order valence-corrected chi connectivity index (χ2v) is 8.21. The molecule has 21 heavy (non-hydrogen) atoms. The first-order chi connectivity index (χ1) is 9.62. The van der Waals surface area contributed by atoms with E-state index in [-0.39, 0.29) is 17.4 Å². The topological polar surface area (TPSA) is 92.5 Å². The third kappa shape index (κ3) is 3.47. The number of nitrogens with zero attached hydrogens (tertiary/aromatic N) is 1. The van der Waals surface area contributed by atoms with Crippen molar-refractivity contribution in [2.24, 2.45) is 0 Å². The third-order valence-corrected chi connectivity index (χ3v) is 5.57. The van der Waals surface area contributed by atoms with Gasteiger partial charge < -0.3 is 16.0 Å². The maximum absolute atomic E-state index is 12.5. The SMILES string of the molecule is CN(C)c1ccc(N)cc1C(=O)NC1(C)CCS(=O)(=O)C1. The van der Waals surface area contributed by atoms with Crippen molar-refractivity contribution in [3.05, 3.63) is 23.8 Å². The lowest BCUT2D eigenvalue weighted by molar-refractivity contribution is 0.0916. The van der Waals surface area contributed by atoms with Gasteiger partial charge >= 0.3 is 0 Å². The van der Waals surface area contributed by atoms with Crippen LogP contribution in [-0.2, 0) is 9.84 Å². The van der Waals surface area contributed by atoms with Gasteiger partial charge in [0.1, 0.15) is 0 Å². The summed E-state index contributed by atoms with van der Waals surface area (Å²) in [6.45, 7) is 1.76. The normalized spacial score (nSPS) is 23.8. The first kappa shape index (κ1) is 15.6. The number of benzene rings is 1. The highest BCUT2D eigenvalue weighted by Crippen LogP contribution is 2.26. The van der Waals surface area contributed by atoms with Crippen LogP contribution >= 0.6 is 0 Å². The van der Waals surface area contributed by atoms with E-state index < -0.39 is 15.4 Å². The van der Waals surface area contributed by atoms with Gasteiger partial charge in [-0.05, 0) is 31.5 Å². The minimum atomic E-state index is -3.07.